The minimum atomic E-state index is -3.58. The average Bonchev–Trinajstić information content (AvgIpc) is 2.98. The largest absolute Gasteiger partial charge is 0.393 e. The number of hydrogen-bond acceptors (Lipinski definition) is 3. The van der Waals surface area contributed by atoms with Crippen LogP contribution in [0, 0.1) is 5.92 Å². The normalized spacial score (nSPS) is 21.3. The highest BCUT2D eigenvalue weighted by molar-refractivity contribution is 7.89. The summed E-state index contributed by atoms with van der Waals surface area (Å²) >= 11 is 6.16. The van der Waals surface area contributed by atoms with Gasteiger partial charge >= 0.3 is 0 Å². The Morgan fingerprint density at radius 3 is 2.55 bits per heavy atom. The van der Waals surface area contributed by atoms with Gasteiger partial charge in [-0.05, 0) is 31.4 Å². The van der Waals surface area contributed by atoms with Gasteiger partial charge in [0.25, 0.3) is 0 Å². The molecule has 0 radical (unpaired) electrons. The second kappa shape index (κ2) is 5.81. The van der Waals surface area contributed by atoms with E-state index >= 15 is 0 Å². The Hall–Kier alpha value is -1.14. The van der Waals surface area contributed by atoms with Gasteiger partial charge in [-0.1, -0.05) is 35.9 Å². The maximum absolute atomic E-state index is 12.9. The molecule has 0 aliphatic carbocycles. The van der Waals surface area contributed by atoms with Gasteiger partial charge in [-0.2, -0.15) is 4.31 Å². The van der Waals surface area contributed by atoms with Crippen LogP contribution in [0.25, 0.3) is 10.8 Å². The summed E-state index contributed by atoms with van der Waals surface area (Å²) in [5, 5.41) is 11.6. The smallest absolute Gasteiger partial charge is 0.243 e. The van der Waals surface area contributed by atoms with E-state index in [1.807, 2.05) is 12.1 Å². The van der Waals surface area contributed by atoms with Crippen molar-refractivity contribution in [2.75, 3.05) is 13.1 Å². The first kappa shape index (κ1) is 15.7. The molecule has 0 bridgehead atoms. The van der Waals surface area contributed by atoms with Crippen LogP contribution in [0.5, 0.6) is 0 Å². The molecular weight excluding hydrogens is 322 g/mol. The number of sulfonamides is 1. The fraction of sp³-hybridized carbons (Fsp3) is 0.375. The lowest BCUT2D eigenvalue weighted by atomic mass is 10.0. The van der Waals surface area contributed by atoms with Crippen LogP contribution in [0.2, 0.25) is 5.02 Å². The van der Waals surface area contributed by atoms with Crippen LogP contribution in [0.3, 0.4) is 0 Å². The van der Waals surface area contributed by atoms with Gasteiger partial charge in [0, 0.05) is 28.9 Å². The number of aliphatic hydroxyl groups is 1. The van der Waals surface area contributed by atoms with Gasteiger partial charge in [-0.25, -0.2) is 8.42 Å². The van der Waals surface area contributed by atoms with Crippen LogP contribution in [0.15, 0.2) is 41.3 Å². The third-order valence-corrected chi connectivity index (χ3v) is 6.57. The molecule has 1 aliphatic rings. The number of rotatable bonds is 3. The molecule has 1 heterocycles. The molecule has 1 saturated heterocycles. The molecule has 0 saturated carbocycles. The zero-order valence-corrected chi connectivity index (χ0v) is 13.8. The maximum atomic E-state index is 12.9. The third-order valence-electron chi connectivity index (χ3n) is 4.32. The molecule has 1 aliphatic heterocycles. The van der Waals surface area contributed by atoms with Crippen LogP contribution in [-0.2, 0) is 10.0 Å². The highest BCUT2D eigenvalue weighted by Crippen LogP contribution is 2.33. The first-order valence-electron chi connectivity index (χ1n) is 7.26. The van der Waals surface area contributed by atoms with Gasteiger partial charge in [-0.15, -0.1) is 0 Å². The molecule has 2 unspecified atom stereocenters. The molecule has 22 heavy (non-hydrogen) atoms. The van der Waals surface area contributed by atoms with Gasteiger partial charge in [0.05, 0.1) is 11.0 Å². The highest BCUT2D eigenvalue weighted by Gasteiger charge is 2.35. The summed E-state index contributed by atoms with van der Waals surface area (Å²) in [5.41, 5.74) is 0. The third kappa shape index (κ3) is 2.63. The lowest BCUT2D eigenvalue weighted by molar-refractivity contribution is 0.133. The Bertz CT molecular complexity index is 804. The summed E-state index contributed by atoms with van der Waals surface area (Å²) in [7, 11) is -3.58. The van der Waals surface area contributed by atoms with E-state index in [0.717, 1.165) is 5.39 Å². The Balaban J connectivity index is 2.06. The van der Waals surface area contributed by atoms with Gasteiger partial charge in [0.15, 0.2) is 0 Å². The number of fused-ring (bicyclic) bond motifs is 1. The summed E-state index contributed by atoms with van der Waals surface area (Å²) in [6.07, 6.45) is 0.185. The van der Waals surface area contributed by atoms with E-state index in [4.69, 9.17) is 11.6 Å². The number of halogens is 1. The molecular formula is C16H18ClNO3S. The lowest BCUT2D eigenvalue weighted by Crippen LogP contribution is -2.30. The standard InChI is InChI=1S/C16H18ClNO3S/c1-11(19)12-8-9-18(10-12)22(20,21)16-7-6-15(17)13-4-2-3-5-14(13)16/h2-7,11-12,19H,8-10H2,1H3. The van der Waals surface area contributed by atoms with Gasteiger partial charge in [-0.3, -0.25) is 0 Å². The fourth-order valence-corrected chi connectivity index (χ4v) is 4.90. The monoisotopic (exact) mass is 339 g/mol. The SMILES string of the molecule is CC(O)C1CCN(S(=O)(=O)c2ccc(Cl)c3ccccc23)C1. The summed E-state index contributed by atoms with van der Waals surface area (Å²) in [5.74, 6) is -0.00617. The van der Waals surface area contributed by atoms with Crippen molar-refractivity contribution in [3.8, 4) is 0 Å². The molecule has 2 aromatic carbocycles. The average molecular weight is 340 g/mol. The molecule has 118 valence electrons. The Morgan fingerprint density at radius 2 is 1.91 bits per heavy atom. The minimum Gasteiger partial charge on any atom is -0.393 e. The number of aliphatic hydroxyl groups excluding tert-OH is 1. The van der Waals surface area contributed by atoms with Crippen molar-refractivity contribution in [3.05, 3.63) is 41.4 Å². The van der Waals surface area contributed by atoms with Crippen molar-refractivity contribution in [1.82, 2.24) is 4.31 Å². The van der Waals surface area contributed by atoms with Crippen molar-refractivity contribution in [2.45, 2.75) is 24.3 Å². The van der Waals surface area contributed by atoms with E-state index in [-0.39, 0.29) is 10.8 Å². The molecule has 3 rings (SSSR count). The van der Waals surface area contributed by atoms with Crippen molar-refractivity contribution in [1.29, 1.82) is 0 Å². The molecule has 2 atom stereocenters. The zero-order valence-electron chi connectivity index (χ0n) is 12.2. The first-order chi connectivity index (χ1) is 10.4. The minimum absolute atomic E-state index is 0.00617. The Kier molecular flexibility index (Phi) is 4.16. The molecule has 2 aromatic rings. The van der Waals surface area contributed by atoms with Gasteiger partial charge in [0.2, 0.25) is 10.0 Å². The number of nitrogens with zero attached hydrogens (tertiary/aromatic N) is 1. The van der Waals surface area contributed by atoms with E-state index in [1.165, 1.54) is 4.31 Å². The predicted octanol–water partition coefficient (Wildman–Crippen LogP) is 2.88. The Morgan fingerprint density at radius 1 is 1.23 bits per heavy atom. The summed E-state index contributed by atoms with van der Waals surface area (Å²) < 4.78 is 27.3. The van der Waals surface area contributed by atoms with Crippen molar-refractivity contribution in [3.63, 3.8) is 0 Å². The van der Waals surface area contributed by atoms with Crippen LogP contribution in [0.1, 0.15) is 13.3 Å². The van der Waals surface area contributed by atoms with Crippen molar-refractivity contribution >= 4 is 32.4 Å². The molecule has 6 heteroatoms. The Labute approximate surface area is 135 Å². The van der Waals surface area contributed by atoms with E-state index in [0.29, 0.717) is 29.9 Å². The number of benzene rings is 2. The molecule has 0 aromatic heterocycles. The molecule has 1 N–H and O–H groups in total. The van der Waals surface area contributed by atoms with Crippen LogP contribution in [-0.4, -0.2) is 37.0 Å². The maximum Gasteiger partial charge on any atom is 0.243 e. The lowest BCUT2D eigenvalue weighted by Gasteiger charge is -2.19. The predicted molar refractivity (Wildman–Crippen MR) is 87.5 cm³/mol. The fourth-order valence-electron chi connectivity index (χ4n) is 2.96. The van der Waals surface area contributed by atoms with Crippen LogP contribution >= 0.6 is 11.6 Å². The summed E-state index contributed by atoms with van der Waals surface area (Å²) in [4.78, 5) is 0.277. The second-order valence-electron chi connectivity index (χ2n) is 5.74. The second-order valence-corrected chi connectivity index (χ2v) is 8.06. The van der Waals surface area contributed by atoms with E-state index in [2.05, 4.69) is 0 Å². The van der Waals surface area contributed by atoms with Gasteiger partial charge in [0.1, 0.15) is 0 Å². The highest BCUT2D eigenvalue weighted by atomic mass is 35.5. The van der Waals surface area contributed by atoms with E-state index in [9.17, 15) is 13.5 Å². The number of hydrogen-bond donors (Lipinski definition) is 1. The van der Waals surface area contributed by atoms with E-state index < -0.39 is 16.1 Å². The first-order valence-corrected chi connectivity index (χ1v) is 9.08. The molecule has 0 spiro atoms. The molecule has 1 fully saturated rings. The van der Waals surface area contributed by atoms with Gasteiger partial charge < -0.3 is 5.11 Å². The van der Waals surface area contributed by atoms with Crippen LogP contribution in [0.4, 0.5) is 0 Å². The van der Waals surface area contributed by atoms with Crippen molar-refractivity contribution < 1.29 is 13.5 Å². The van der Waals surface area contributed by atoms with Crippen LogP contribution < -0.4 is 0 Å². The van der Waals surface area contributed by atoms with Crippen molar-refractivity contribution in [2.24, 2.45) is 5.92 Å². The summed E-state index contributed by atoms with van der Waals surface area (Å²) in [6.45, 7) is 2.50. The quantitative estimate of drug-likeness (QED) is 0.935. The van der Waals surface area contributed by atoms with E-state index in [1.54, 1.807) is 31.2 Å². The molecule has 4 nitrogen and oxygen atoms in total. The zero-order chi connectivity index (χ0) is 15.9. The summed E-state index contributed by atoms with van der Waals surface area (Å²) in [6, 6.07) is 10.4. The molecule has 0 amide bonds. The topological polar surface area (TPSA) is 57.6 Å².